The van der Waals surface area contributed by atoms with Crippen LogP contribution >= 0.6 is 0 Å². The summed E-state index contributed by atoms with van der Waals surface area (Å²) < 4.78 is 5.97. The van der Waals surface area contributed by atoms with E-state index in [1.165, 1.54) is 5.56 Å². The minimum Gasteiger partial charge on any atom is -0.487 e. The lowest BCUT2D eigenvalue weighted by molar-refractivity contribution is -0.144. The molecule has 1 atom stereocenters. The molecule has 6 nitrogen and oxygen atoms in total. The third-order valence-electron chi connectivity index (χ3n) is 5.15. The zero-order valence-electron chi connectivity index (χ0n) is 16.0. The highest BCUT2D eigenvalue weighted by Crippen LogP contribution is 2.25. The molecule has 0 saturated carbocycles. The molecule has 0 aliphatic carbocycles. The van der Waals surface area contributed by atoms with Crippen LogP contribution in [0.15, 0.2) is 24.3 Å². The number of nitrogens with zero attached hydrogens (tertiary/aromatic N) is 3. The smallest absolute Gasteiger partial charge is 0.228 e. The van der Waals surface area contributed by atoms with Gasteiger partial charge in [0.25, 0.3) is 0 Å². The molecule has 2 saturated heterocycles. The van der Waals surface area contributed by atoms with Crippen LogP contribution in [0.1, 0.15) is 18.9 Å². The molecule has 0 bridgehead atoms. The van der Waals surface area contributed by atoms with Gasteiger partial charge in [0.15, 0.2) is 0 Å². The van der Waals surface area contributed by atoms with Crippen LogP contribution < -0.4 is 4.74 Å². The summed E-state index contributed by atoms with van der Waals surface area (Å²) in [4.78, 5) is 30.4. The second kappa shape index (κ2) is 8.08. The van der Waals surface area contributed by atoms with Crippen molar-refractivity contribution in [1.82, 2.24) is 14.7 Å². The van der Waals surface area contributed by atoms with E-state index in [9.17, 15) is 9.59 Å². The SMILES string of the molecule is CCc1cccc(OC2CN(C(=O)C3CC(=O)N(CCN(C)C)C3)C2)c1. The largest absolute Gasteiger partial charge is 0.487 e. The van der Waals surface area contributed by atoms with Crippen LogP contribution in [0.3, 0.4) is 0 Å². The maximum absolute atomic E-state index is 12.6. The van der Waals surface area contributed by atoms with E-state index in [0.29, 0.717) is 32.6 Å². The number of likely N-dealkylation sites (tertiary alicyclic amines) is 2. The number of amides is 2. The van der Waals surface area contributed by atoms with Gasteiger partial charge in [0.1, 0.15) is 11.9 Å². The first kappa shape index (κ1) is 18.7. The summed E-state index contributed by atoms with van der Waals surface area (Å²) in [6.45, 7) is 5.40. The lowest BCUT2D eigenvalue weighted by Gasteiger charge is -2.40. The lowest BCUT2D eigenvalue weighted by Crippen LogP contribution is -2.57. The second-order valence-electron chi connectivity index (χ2n) is 7.53. The van der Waals surface area contributed by atoms with Crippen molar-refractivity contribution in [1.29, 1.82) is 0 Å². The minimum absolute atomic E-state index is 0.0491. The standard InChI is InChI=1S/C20H29N3O3/c1-4-15-6-5-7-17(10-15)26-18-13-23(14-18)20(25)16-11-19(24)22(12-16)9-8-21(2)3/h5-7,10,16,18H,4,8-9,11-14H2,1-3H3. The summed E-state index contributed by atoms with van der Waals surface area (Å²) in [5, 5.41) is 0. The van der Waals surface area contributed by atoms with Crippen LogP contribution in [0.5, 0.6) is 5.75 Å². The Bertz CT molecular complexity index is 655. The maximum atomic E-state index is 12.6. The zero-order valence-corrected chi connectivity index (χ0v) is 16.0. The molecule has 2 amide bonds. The van der Waals surface area contributed by atoms with Crippen molar-refractivity contribution in [3.63, 3.8) is 0 Å². The molecule has 1 unspecified atom stereocenters. The van der Waals surface area contributed by atoms with Gasteiger partial charge in [0, 0.05) is 26.1 Å². The first-order valence-electron chi connectivity index (χ1n) is 9.43. The van der Waals surface area contributed by atoms with E-state index >= 15 is 0 Å². The summed E-state index contributed by atoms with van der Waals surface area (Å²) >= 11 is 0. The van der Waals surface area contributed by atoms with Crippen LogP contribution in [-0.2, 0) is 16.0 Å². The van der Waals surface area contributed by atoms with E-state index < -0.39 is 0 Å². The van der Waals surface area contributed by atoms with Crippen molar-refractivity contribution in [2.75, 3.05) is 46.8 Å². The highest BCUT2D eigenvalue weighted by molar-refractivity contribution is 5.89. The molecule has 26 heavy (non-hydrogen) atoms. The average molecular weight is 359 g/mol. The number of likely N-dealkylation sites (N-methyl/N-ethyl adjacent to an activating group) is 1. The van der Waals surface area contributed by atoms with Crippen molar-refractivity contribution >= 4 is 11.8 Å². The van der Waals surface area contributed by atoms with Gasteiger partial charge in [-0.1, -0.05) is 19.1 Å². The molecule has 2 aliphatic rings. The van der Waals surface area contributed by atoms with Crippen molar-refractivity contribution in [2.45, 2.75) is 25.9 Å². The Balaban J connectivity index is 1.45. The fraction of sp³-hybridized carbons (Fsp3) is 0.600. The predicted molar refractivity (Wildman–Crippen MR) is 100 cm³/mol. The number of ether oxygens (including phenoxy) is 1. The van der Waals surface area contributed by atoms with E-state index in [1.807, 2.05) is 40.9 Å². The van der Waals surface area contributed by atoms with Gasteiger partial charge in [-0.05, 0) is 38.2 Å². The molecule has 0 spiro atoms. The average Bonchev–Trinajstić information content (AvgIpc) is 2.96. The van der Waals surface area contributed by atoms with Gasteiger partial charge in [-0.3, -0.25) is 9.59 Å². The van der Waals surface area contributed by atoms with Gasteiger partial charge >= 0.3 is 0 Å². The minimum atomic E-state index is -0.200. The Morgan fingerprint density at radius 2 is 2.04 bits per heavy atom. The monoisotopic (exact) mass is 359 g/mol. The van der Waals surface area contributed by atoms with Crippen LogP contribution in [-0.4, -0.2) is 79.4 Å². The van der Waals surface area contributed by atoms with Crippen molar-refractivity contribution < 1.29 is 14.3 Å². The number of carbonyl (C=O) groups excluding carboxylic acids is 2. The molecule has 1 aromatic rings. The molecule has 2 heterocycles. The van der Waals surface area contributed by atoms with Crippen LogP contribution in [0.25, 0.3) is 0 Å². The zero-order chi connectivity index (χ0) is 18.7. The molecule has 6 heteroatoms. The summed E-state index contributed by atoms with van der Waals surface area (Å²) in [6, 6.07) is 8.11. The lowest BCUT2D eigenvalue weighted by atomic mass is 10.0. The normalized spacial score (nSPS) is 20.6. The molecule has 0 N–H and O–H groups in total. The molecule has 1 aromatic carbocycles. The van der Waals surface area contributed by atoms with Gasteiger partial charge < -0.3 is 19.4 Å². The third kappa shape index (κ3) is 4.36. The molecule has 2 aliphatic heterocycles. The second-order valence-corrected chi connectivity index (χ2v) is 7.53. The molecule has 142 valence electrons. The van der Waals surface area contributed by atoms with Crippen molar-refractivity contribution in [3.8, 4) is 5.75 Å². The van der Waals surface area contributed by atoms with Crippen LogP contribution in [0, 0.1) is 5.92 Å². The molecule has 2 fully saturated rings. The summed E-state index contributed by atoms with van der Waals surface area (Å²) in [5.41, 5.74) is 1.25. The van der Waals surface area contributed by atoms with Crippen molar-refractivity contribution in [2.24, 2.45) is 5.92 Å². The topological polar surface area (TPSA) is 53.1 Å². The maximum Gasteiger partial charge on any atom is 0.228 e. The van der Waals surface area contributed by atoms with Crippen molar-refractivity contribution in [3.05, 3.63) is 29.8 Å². The summed E-state index contributed by atoms with van der Waals surface area (Å²) in [7, 11) is 3.97. The molecule has 0 radical (unpaired) electrons. The Kier molecular flexibility index (Phi) is 5.81. The molecule has 0 aromatic heterocycles. The van der Waals surface area contributed by atoms with Gasteiger partial charge in [-0.15, -0.1) is 0 Å². The summed E-state index contributed by atoms with van der Waals surface area (Å²) in [5.74, 6) is 0.851. The summed E-state index contributed by atoms with van der Waals surface area (Å²) in [6.07, 6.45) is 1.37. The predicted octanol–water partition coefficient (Wildman–Crippen LogP) is 1.25. The van der Waals surface area contributed by atoms with Crippen LogP contribution in [0.4, 0.5) is 0 Å². The highest BCUT2D eigenvalue weighted by atomic mass is 16.5. The molecular weight excluding hydrogens is 330 g/mol. The Labute approximate surface area is 155 Å². The number of hydrogen-bond acceptors (Lipinski definition) is 4. The van der Waals surface area contributed by atoms with Gasteiger partial charge in [0.05, 0.1) is 19.0 Å². The number of aryl methyl sites for hydroxylation is 1. The number of benzene rings is 1. The quantitative estimate of drug-likeness (QED) is 0.735. The van der Waals surface area contributed by atoms with E-state index in [2.05, 4.69) is 19.1 Å². The highest BCUT2D eigenvalue weighted by Gasteiger charge is 2.40. The van der Waals surface area contributed by atoms with E-state index in [0.717, 1.165) is 18.7 Å². The number of rotatable bonds is 7. The van der Waals surface area contributed by atoms with Gasteiger partial charge in [-0.25, -0.2) is 0 Å². The Morgan fingerprint density at radius 1 is 1.27 bits per heavy atom. The van der Waals surface area contributed by atoms with E-state index in [-0.39, 0.29) is 23.8 Å². The molecular formula is C20H29N3O3. The number of hydrogen-bond donors (Lipinski definition) is 0. The van der Waals surface area contributed by atoms with Gasteiger partial charge in [-0.2, -0.15) is 0 Å². The van der Waals surface area contributed by atoms with Crippen LogP contribution in [0.2, 0.25) is 0 Å². The number of carbonyl (C=O) groups is 2. The first-order valence-corrected chi connectivity index (χ1v) is 9.43. The first-order chi connectivity index (χ1) is 12.5. The van der Waals surface area contributed by atoms with E-state index in [1.54, 1.807) is 0 Å². The van der Waals surface area contributed by atoms with E-state index in [4.69, 9.17) is 4.74 Å². The van der Waals surface area contributed by atoms with Gasteiger partial charge in [0.2, 0.25) is 11.8 Å². The molecule has 3 rings (SSSR count). The Hall–Kier alpha value is -2.08. The third-order valence-corrected chi connectivity index (χ3v) is 5.15. The Morgan fingerprint density at radius 3 is 2.73 bits per heavy atom. The fourth-order valence-corrected chi connectivity index (χ4v) is 3.46. The fourth-order valence-electron chi connectivity index (χ4n) is 3.46.